The number of morpholine rings is 1. The molecule has 0 spiro atoms. The Morgan fingerprint density at radius 2 is 1.86 bits per heavy atom. The molecule has 1 fully saturated rings. The predicted octanol–water partition coefficient (Wildman–Crippen LogP) is 4.27. The molecule has 4 aromatic rings. The molecule has 0 N–H and O–H groups in total. The first kappa shape index (κ1) is 17.5. The zero-order valence-corrected chi connectivity index (χ0v) is 16.5. The number of rotatable bonds is 3. The fraction of sp³-hybridized carbons (Fsp3) is 0.273. The van der Waals surface area contributed by atoms with Gasteiger partial charge >= 0.3 is 0 Å². The zero-order valence-electron chi connectivity index (χ0n) is 15.7. The highest BCUT2D eigenvalue weighted by Crippen LogP contribution is 2.28. The average molecular weight is 393 g/mol. The van der Waals surface area contributed by atoms with Crippen LogP contribution in [-0.2, 0) is 11.2 Å². The van der Waals surface area contributed by atoms with E-state index >= 15 is 0 Å². The van der Waals surface area contributed by atoms with Crippen molar-refractivity contribution in [3.63, 3.8) is 0 Å². The van der Waals surface area contributed by atoms with Gasteiger partial charge in [-0.05, 0) is 23.3 Å². The van der Waals surface area contributed by atoms with Gasteiger partial charge in [0.1, 0.15) is 11.0 Å². The molecule has 1 aliphatic heterocycles. The fourth-order valence-corrected chi connectivity index (χ4v) is 4.13. The molecule has 2 aromatic heterocycles. The van der Waals surface area contributed by atoms with Crippen LogP contribution in [0.25, 0.3) is 16.4 Å². The van der Waals surface area contributed by atoms with Gasteiger partial charge in [0.25, 0.3) is 0 Å². The molecule has 0 bridgehead atoms. The van der Waals surface area contributed by atoms with E-state index in [4.69, 9.17) is 21.3 Å². The highest BCUT2D eigenvalue weighted by Gasteiger charge is 2.19. The second kappa shape index (κ2) is 7.08. The number of hydrogen-bond acceptors (Lipinski definition) is 4. The molecule has 2 aromatic carbocycles. The lowest BCUT2D eigenvalue weighted by molar-refractivity contribution is 0.122. The van der Waals surface area contributed by atoms with E-state index in [1.165, 1.54) is 16.3 Å². The van der Waals surface area contributed by atoms with Gasteiger partial charge in [-0.2, -0.15) is 5.10 Å². The molecule has 6 heteroatoms. The lowest BCUT2D eigenvalue weighted by atomic mass is 9.98. The minimum Gasteiger partial charge on any atom is -0.378 e. The van der Waals surface area contributed by atoms with Crippen molar-refractivity contribution in [1.29, 1.82) is 0 Å². The van der Waals surface area contributed by atoms with Crippen molar-refractivity contribution in [2.45, 2.75) is 13.3 Å². The van der Waals surface area contributed by atoms with Crippen LogP contribution in [0.2, 0.25) is 5.15 Å². The number of aromatic nitrogens is 3. The van der Waals surface area contributed by atoms with Crippen LogP contribution in [0, 0.1) is 6.92 Å². The van der Waals surface area contributed by atoms with Crippen molar-refractivity contribution in [2.24, 2.45) is 0 Å². The van der Waals surface area contributed by atoms with Crippen LogP contribution in [0.15, 0.2) is 48.5 Å². The average Bonchev–Trinajstić information content (AvgIpc) is 3.05. The highest BCUT2D eigenvalue weighted by atomic mass is 35.5. The van der Waals surface area contributed by atoms with Crippen molar-refractivity contribution in [2.75, 3.05) is 31.2 Å². The van der Waals surface area contributed by atoms with E-state index in [0.717, 1.165) is 42.2 Å². The molecular formula is C22H21ClN4O. The summed E-state index contributed by atoms with van der Waals surface area (Å²) in [6.07, 6.45) is 0.770. The minimum absolute atomic E-state index is 0.582. The second-order valence-corrected chi connectivity index (χ2v) is 7.54. The molecule has 1 saturated heterocycles. The normalized spacial score (nSPS) is 14.9. The van der Waals surface area contributed by atoms with Crippen LogP contribution in [0.5, 0.6) is 0 Å². The van der Waals surface area contributed by atoms with E-state index in [0.29, 0.717) is 18.4 Å². The highest BCUT2D eigenvalue weighted by molar-refractivity contribution is 6.30. The van der Waals surface area contributed by atoms with Crippen molar-refractivity contribution in [1.82, 2.24) is 14.6 Å². The van der Waals surface area contributed by atoms with Gasteiger partial charge in [-0.15, -0.1) is 0 Å². The molecule has 0 aliphatic carbocycles. The third-order valence-electron chi connectivity index (χ3n) is 5.41. The summed E-state index contributed by atoms with van der Waals surface area (Å²) in [6.45, 7) is 5.10. The van der Waals surface area contributed by atoms with Crippen LogP contribution in [0.4, 0.5) is 5.82 Å². The summed E-state index contributed by atoms with van der Waals surface area (Å²) in [5.41, 5.74) is 4.18. The van der Waals surface area contributed by atoms with Gasteiger partial charge in [-0.1, -0.05) is 54.1 Å². The first-order valence-corrected chi connectivity index (χ1v) is 9.92. The van der Waals surface area contributed by atoms with E-state index in [-0.39, 0.29) is 0 Å². The van der Waals surface area contributed by atoms with Gasteiger partial charge < -0.3 is 9.64 Å². The molecule has 5 rings (SSSR count). The van der Waals surface area contributed by atoms with Crippen molar-refractivity contribution >= 4 is 33.8 Å². The van der Waals surface area contributed by atoms with E-state index < -0.39 is 0 Å². The molecule has 0 unspecified atom stereocenters. The predicted molar refractivity (Wildman–Crippen MR) is 113 cm³/mol. The summed E-state index contributed by atoms with van der Waals surface area (Å²) in [5, 5.41) is 7.74. The first-order chi connectivity index (χ1) is 13.7. The molecule has 0 atom stereocenters. The fourth-order valence-electron chi connectivity index (χ4n) is 3.92. The van der Waals surface area contributed by atoms with E-state index in [1.54, 1.807) is 4.52 Å². The number of anilines is 1. The van der Waals surface area contributed by atoms with Gasteiger partial charge in [0, 0.05) is 31.1 Å². The molecule has 28 heavy (non-hydrogen) atoms. The lowest BCUT2D eigenvalue weighted by Gasteiger charge is -2.28. The molecule has 1 aliphatic rings. The Kier molecular flexibility index (Phi) is 4.41. The number of fused-ring (bicyclic) bond motifs is 2. The number of ether oxygens (including phenoxy) is 1. The molecule has 0 amide bonds. The summed E-state index contributed by atoms with van der Waals surface area (Å²) < 4.78 is 7.22. The van der Waals surface area contributed by atoms with Gasteiger partial charge in [-0.25, -0.2) is 9.50 Å². The molecule has 5 nitrogen and oxygen atoms in total. The summed E-state index contributed by atoms with van der Waals surface area (Å²) in [4.78, 5) is 7.16. The molecule has 0 saturated carbocycles. The van der Waals surface area contributed by atoms with Crippen molar-refractivity contribution in [3.8, 4) is 0 Å². The SMILES string of the molecule is Cc1nn2c(Cl)cc(N3CCOCC3)nc2c1Cc1cccc2ccccc12. The Bertz CT molecular complexity index is 1160. The summed E-state index contributed by atoms with van der Waals surface area (Å²) in [5.74, 6) is 0.889. The number of hydrogen-bond donors (Lipinski definition) is 0. The molecule has 142 valence electrons. The molecule has 3 heterocycles. The van der Waals surface area contributed by atoms with Crippen LogP contribution >= 0.6 is 11.6 Å². The monoisotopic (exact) mass is 392 g/mol. The van der Waals surface area contributed by atoms with Crippen LogP contribution in [0.1, 0.15) is 16.8 Å². The van der Waals surface area contributed by atoms with Crippen molar-refractivity contribution in [3.05, 3.63) is 70.5 Å². The Morgan fingerprint density at radius 1 is 1.07 bits per heavy atom. The third kappa shape index (κ3) is 3.01. The zero-order chi connectivity index (χ0) is 19.1. The van der Waals surface area contributed by atoms with E-state index in [9.17, 15) is 0 Å². The van der Waals surface area contributed by atoms with Gasteiger partial charge in [-0.3, -0.25) is 0 Å². The van der Waals surface area contributed by atoms with Crippen molar-refractivity contribution < 1.29 is 4.74 Å². The largest absolute Gasteiger partial charge is 0.378 e. The van der Waals surface area contributed by atoms with E-state index in [2.05, 4.69) is 52.5 Å². The maximum atomic E-state index is 6.57. The van der Waals surface area contributed by atoms with Crippen LogP contribution < -0.4 is 4.90 Å². The number of halogens is 1. The Labute approximate surface area is 168 Å². The Balaban J connectivity index is 1.62. The topological polar surface area (TPSA) is 42.7 Å². The molecule has 0 radical (unpaired) electrons. The van der Waals surface area contributed by atoms with Gasteiger partial charge in [0.2, 0.25) is 0 Å². The van der Waals surface area contributed by atoms with Crippen LogP contribution in [-0.4, -0.2) is 40.9 Å². The number of benzene rings is 2. The van der Waals surface area contributed by atoms with Gasteiger partial charge in [0.15, 0.2) is 5.65 Å². The standard InChI is InChI=1S/C22H21ClN4O/c1-15-19(13-17-7-4-6-16-5-2-3-8-18(16)17)22-24-21(14-20(23)27(22)25-15)26-9-11-28-12-10-26/h2-8,14H,9-13H2,1H3. The number of nitrogens with zero attached hydrogens (tertiary/aromatic N) is 4. The summed E-state index contributed by atoms with van der Waals surface area (Å²) >= 11 is 6.57. The summed E-state index contributed by atoms with van der Waals surface area (Å²) in [6, 6.07) is 16.8. The quantitative estimate of drug-likeness (QED) is 0.488. The lowest BCUT2D eigenvalue weighted by Crippen LogP contribution is -2.36. The maximum Gasteiger partial charge on any atom is 0.162 e. The van der Waals surface area contributed by atoms with Crippen LogP contribution in [0.3, 0.4) is 0 Å². The summed E-state index contributed by atoms with van der Waals surface area (Å²) in [7, 11) is 0. The molecular weight excluding hydrogens is 372 g/mol. The Morgan fingerprint density at radius 3 is 2.71 bits per heavy atom. The van der Waals surface area contributed by atoms with E-state index in [1.807, 2.05) is 13.0 Å². The smallest absolute Gasteiger partial charge is 0.162 e. The first-order valence-electron chi connectivity index (χ1n) is 9.55. The Hall–Kier alpha value is -2.63. The minimum atomic E-state index is 0.582. The van der Waals surface area contributed by atoms with Gasteiger partial charge in [0.05, 0.1) is 18.9 Å². The second-order valence-electron chi connectivity index (χ2n) is 7.15. The number of aryl methyl sites for hydroxylation is 1. The maximum absolute atomic E-state index is 6.57. The third-order valence-corrected chi connectivity index (χ3v) is 5.68.